The average molecular weight is 393 g/mol. The van der Waals surface area contributed by atoms with Gasteiger partial charge < -0.3 is 14.4 Å². The molecule has 5 nitrogen and oxygen atoms in total. The summed E-state index contributed by atoms with van der Waals surface area (Å²) in [6, 6.07) is 17.5. The normalized spacial score (nSPS) is 15.6. The van der Waals surface area contributed by atoms with Crippen LogP contribution in [0.25, 0.3) is 0 Å². The van der Waals surface area contributed by atoms with E-state index in [1.165, 1.54) is 7.11 Å². The molecule has 28 heavy (non-hydrogen) atoms. The average Bonchev–Trinajstić information content (AvgIpc) is 3.22. The van der Waals surface area contributed by atoms with Gasteiger partial charge in [0.1, 0.15) is 11.5 Å². The first-order valence-electron chi connectivity index (χ1n) is 8.96. The lowest BCUT2D eigenvalue weighted by Gasteiger charge is -2.34. The third-order valence-corrected chi connectivity index (χ3v) is 5.74. The predicted octanol–water partition coefficient (Wildman–Crippen LogP) is 4.45. The third kappa shape index (κ3) is 3.39. The van der Waals surface area contributed by atoms with E-state index in [1.54, 1.807) is 34.4 Å². The maximum atomic E-state index is 13.4. The summed E-state index contributed by atoms with van der Waals surface area (Å²) >= 11 is 1.60. The number of rotatable bonds is 4. The van der Waals surface area contributed by atoms with Gasteiger partial charge >= 0.3 is 5.97 Å². The number of benzene rings is 2. The van der Waals surface area contributed by atoms with Crippen molar-refractivity contribution in [3.8, 4) is 11.5 Å². The van der Waals surface area contributed by atoms with E-state index in [0.29, 0.717) is 30.0 Å². The molecular weight excluding hydrogens is 374 g/mol. The maximum Gasteiger partial charge on any atom is 0.333 e. The zero-order chi connectivity index (χ0) is 19.5. The van der Waals surface area contributed by atoms with Crippen LogP contribution < -0.4 is 4.74 Å². The van der Waals surface area contributed by atoms with Gasteiger partial charge in [0.25, 0.3) is 5.91 Å². The Morgan fingerprint density at radius 1 is 1.04 bits per heavy atom. The SMILES string of the molecule is COC(=O)C1c2ccsc2CCN1C(=O)c1ccccc1Oc1ccccc1. The van der Waals surface area contributed by atoms with Crippen molar-refractivity contribution in [3.05, 3.63) is 82.0 Å². The Morgan fingerprint density at radius 2 is 1.79 bits per heavy atom. The Labute approximate surface area is 167 Å². The Balaban J connectivity index is 1.68. The minimum atomic E-state index is -0.739. The summed E-state index contributed by atoms with van der Waals surface area (Å²) in [7, 11) is 1.35. The molecule has 1 aliphatic heterocycles. The fourth-order valence-corrected chi connectivity index (χ4v) is 4.31. The number of thiophene rings is 1. The van der Waals surface area contributed by atoms with Gasteiger partial charge in [0.05, 0.1) is 12.7 Å². The first kappa shape index (κ1) is 18.3. The van der Waals surface area contributed by atoms with Crippen LogP contribution >= 0.6 is 11.3 Å². The summed E-state index contributed by atoms with van der Waals surface area (Å²) < 4.78 is 10.9. The zero-order valence-electron chi connectivity index (χ0n) is 15.3. The van der Waals surface area contributed by atoms with Gasteiger partial charge in [-0.3, -0.25) is 4.79 Å². The van der Waals surface area contributed by atoms with Crippen LogP contribution in [0.4, 0.5) is 0 Å². The molecule has 1 aromatic heterocycles. The quantitative estimate of drug-likeness (QED) is 0.615. The number of amides is 1. The van der Waals surface area contributed by atoms with Crippen molar-refractivity contribution in [1.29, 1.82) is 0 Å². The number of esters is 1. The van der Waals surface area contributed by atoms with Crippen LogP contribution in [0.15, 0.2) is 66.0 Å². The first-order chi connectivity index (χ1) is 13.7. The first-order valence-corrected chi connectivity index (χ1v) is 9.84. The number of para-hydroxylation sites is 2. The molecule has 1 unspecified atom stereocenters. The highest BCUT2D eigenvalue weighted by atomic mass is 32.1. The molecule has 0 radical (unpaired) electrons. The molecule has 0 spiro atoms. The van der Waals surface area contributed by atoms with E-state index in [1.807, 2.05) is 47.8 Å². The highest BCUT2D eigenvalue weighted by molar-refractivity contribution is 7.10. The number of hydrogen-bond donors (Lipinski definition) is 0. The highest BCUT2D eigenvalue weighted by Gasteiger charge is 2.38. The van der Waals surface area contributed by atoms with Crippen LogP contribution in [-0.4, -0.2) is 30.4 Å². The lowest BCUT2D eigenvalue weighted by molar-refractivity contribution is -0.146. The Hall–Kier alpha value is -3.12. The summed E-state index contributed by atoms with van der Waals surface area (Å²) in [6.07, 6.45) is 0.716. The van der Waals surface area contributed by atoms with E-state index in [2.05, 4.69) is 0 Å². The molecule has 6 heteroatoms. The topological polar surface area (TPSA) is 55.8 Å². The Bertz CT molecular complexity index is 999. The van der Waals surface area contributed by atoms with Gasteiger partial charge in [0, 0.05) is 11.4 Å². The molecule has 142 valence electrons. The van der Waals surface area contributed by atoms with Crippen molar-refractivity contribution in [2.45, 2.75) is 12.5 Å². The van der Waals surface area contributed by atoms with Crippen molar-refractivity contribution >= 4 is 23.2 Å². The van der Waals surface area contributed by atoms with E-state index in [-0.39, 0.29) is 5.91 Å². The van der Waals surface area contributed by atoms with Crippen LogP contribution in [-0.2, 0) is 16.0 Å². The lowest BCUT2D eigenvalue weighted by atomic mass is 9.98. The molecule has 2 heterocycles. The highest BCUT2D eigenvalue weighted by Crippen LogP contribution is 2.36. The minimum Gasteiger partial charge on any atom is -0.467 e. The number of ether oxygens (including phenoxy) is 2. The van der Waals surface area contributed by atoms with Crippen molar-refractivity contribution in [2.75, 3.05) is 13.7 Å². The number of nitrogens with zero attached hydrogens (tertiary/aromatic N) is 1. The van der Waals surface area contributed by atoms with Crippen LogP contribution in [0.5, 0.6) is 11.5 Å². The van der Waals surface area contributed by atoms with Crippen molar-refractivity contribution in [1.82, 2.24) is 4.90 Å². The van der Waals surface area contributed by atoms with Gasteiger partial charge in [0.2, 0.25) is 0 Å². The van der Waals surface area contributed by atoms with E-state index in [9.17, 15) is 9.59 Å². The predicted molar refractivity (Wildman–Crippen MR) is 107 cm³/mol. The third-order valence-electron chi connectivity index (χ3n) is 4.74. The Kier molecular flexibility index (Phi) is 5.12. The van der Waals surface area contributed by atoms with Crippen LogP contribution in [0.1, 0.15) is 26.8 Å². The molecule has 0 bridgehead atoms. The van der Waals surface area contributed by atoms with Gasteiger partial charge in [-0.05, 0) is 47.7 Å². The second-order valence-electron chi connectivity index (χ2n) is 6.38. The molecule has 1 atom stereocenters. The Morgan fingerprint density at radius 3 is 2.57 bits per heavy atom. The van der Waals surface area contributed by atoms with E-state index >= 15 is 0 Å². The number of fused-ring (bicyclic) bond motifs is 1. The van der Waals surface area contributed by atoms with Crippen LogP contribution in [0.2, 0.25) is 0 Å². The summed E-state index contributed by atoms with van der Waals surface area (Å²) in [4.78, 5) is 28.6. The van der Waals surface area contributed by atoms with Crippen LogP contribution in [0, 0.1) is 0 Å². The van der Waals surface area contributed by atoms with Gasteiger partial charge in [-0.25, -0.2) is 4.79 Å². The molecule has 3 aromatic rings. The molecule has 4 rings (SSSR count). The molecule has 1 aliphatic rings. The summed E-state index contributed by atoms with van der Waals surface area (Å²) in [5, 5.41) is 1.95. The van der Waals surface area contributed by atoms with Gasteiger partial charge in [-0.1, -0.05) is 30.3 Å². The minimum absolute atomic E-state index is 0.251. The van der Waals surface area contributed by atoms with Gasteiger partial charge in [0.15, 0.2) is 6.04 Å². The van der Waals surface area contributed by atoms with Gasteiger partial charge in [-0.2, -0.15) is 0 Å². The smallest absolute Gasteiger partial charge is 0.333 e. The van der Waals surface area contributed by atoms with Crippen LogP contribution in [0.3, 0.4) is 0 Å². The summed E-state index contributed by atoms with van der Waals surface area (Å²) in [5.41, 5.74) is 1.26. The molecule has 0 saturated heterocycles. The van der Waals surface area contributed by atoms with Gasteiger partial charge in [-0.15, -0.1) is 11.3 Å². The molecule has 2 aromatic carbocycles. The monoisotopic (exact) mass is 393 g/mol. The molecule has 0 saturated carbocycles. The molecule has 0 aliphatic carbocycles. The molecule has 1 amide bonds. The fourth-order valence-electron chi connectivity index (χ4n) is 3.40. The van der Waals surface area contributed by atoms with Crippen molar-refractivity contribution in [3.63, 3.8) is 0 Å². The summed E-state index contributed by atoms with van der Waals surface area (Å²) in [6.45, 7) is 0.450. The number of carbonyl (C=O) groups is 2. The maximum absolute atomic E-state index is 13.4. The summed E-state index contributed by atoms with van der Waals surface area (Å²) in [5.74, 6) is 0.414. The molecule has 0 fully saturated rings. The van der Waals surface area contributed by atoms with Crippen molar-refractivity contribution in [2.24, 2.45) is 0 Å². The lowest BCUT2D eigenvalue weighted by Crippen LogP contribution is -2.43. The van der Waals surface area contributed by atoms with E-state index < -0.39 is 12.0 Å². The molecular formula is C22H19NO4S. The molecule has 0 N–H and O–H groups in total. The number of methoxy groups -OCH3 is 1. The van der Waals surface area contributed by atoms with E-state index in [4.69, 9.17) is 9.47 Å². The standard InChI is InChI=1S/C22H19NO4S/c1-26-22(25)20-17-12-14-28-19(17)11-13-23(20)21(24)16-9-5-6-10-18(16)27-15-7-3-2-4-8-15/h2-10,12,14,20H,11,13H2,1H3. The second kappa shape index (κ2) is 7.86. The zero-order valence-corrected chi connectivity index (χ0v) is 16.1. The second-order valence-corrected chi connectivity index (χ2v) is 7.39. The van der Waals surface area contributed by atoms with Crippen molar-refractivity contribution < 1.29 is 19.1 Å². The van der Waals surface area contributed by atoms with E-state index in [0.717, 1.165) is 10.4 Å². The number of carbonyl (C=O) groups excluding carboxylic acids is 2. The fraction of sp³-hybridized carbons (Fsp3) is 0.182. The largest absolute Gasteiger partial charge is 0.467 e. The number of hydrogen-bond acceptors (Lipinski definition) is 5.